The maximum absolute atomic E-state index is 8.55. The molecule has 248 valence electrons. The van der Waals surface area contributed by atoms with Crippen LogP contribution in [0.1, 0.15) is 0 Å². The summed E-state index contributed by atoms with van der Waals surface area (Å²) < 4.78 is 40.1. The molecule has 0 atom stereocenters. The molecule has 0 saturated heterocycles. The number of hydrogen-bond acceptors (Lipinski definition) is 16. The van der Waals surface area contributed by atoms with Crippen LogP contribution in [-0.4, -0.2) is 18.4 Å². The summed E-state index contributed by atoms with van der Waals surface area (Å²) in [6.07, 6.45) is 0. The molecule has 0 unspecified atom stereocenters. The van der Waals surface area contributed by atoms with Gasteiger partial charge in [-0.15, -0.1) is 0 Å². The van der Waals surface area contributed by atoms with Crippen LogP contribution in [0.2, 0.25) is 0 Å². The Morgan fingerprint density at radius 1 is 0.292 bits per heavy atom. The van der Waals surface area contributed by atoms with Crippen molar-refractivity contribution in [1.29, 1.82) is 0 Å². The molecule has 0 spiro atoms. The summed E-state index contributed by atoms with van der Waals surface area (Å²) in [5.74, 6) is 0. The van der Waals surface area contributed by atoms with Gasteiger partial charge in [0.15, 0.2) is 0 Å². The van der Waals surface area contributed by atoms with Gasteiger partial charge in [0.2, 0.25) is 0 Å². The first-order chi connectivity index (χ1) is 20.4. The van der Waals surface area contributed by atoms with E-state index >= 15 is 0 Å². The molecule has 4 aromatic rings. The van der Waals surface area contributed by atoms with Crippen molar-refractivity contribution in [3.05, 3.63) is 121 Å². The molecule has 24 heteroatoms. The molecule has 0 aliphatic heterocycles. The van der Waals surface area contributed by atoms with Crippen molar-refractivity contribution in [2.24, 2.45) is 0 Å². The second kappa shape index (κ2) is 26.5. The molecule has 0 aromatic heterocycles. The van der Waals surface area contributed by atoms with Crippen LogP contribution < -0.4 is 73.0 Å². The zero-order valence-corrected chi connectivity index (χ0v) is 37.7. The average molecular weight is 1080 g/mol. The molecule has 0 aliphatic rings. The fraction of sp³-hybridized carbons (Fsp3) is 0. The van der Waals surface area contributed by atoms with Crippen LogP contribution in [-0.2, 0) is 96.9 Å². The van der Waals surface area contributed by atoms with E-state index in [-0.39, 0.29) is 78.6 Å². The van der Waals surface area contributed by atoms with E-state index in [2.05, 4.69) is 121 Å². The Balaban J connectivity index is -0.000000350. The number of hydrogen-bond donors (Lipinski definition) is 0. The molecule has 48 heavy (non-hydrogen) atoms. The van der Waals surface area contributed by atoms with E-state index < -0.39 is 49.7 Å². The van der Waals surface area contributed by atoms with Crippen LogP contribution >= 0.6 is 31.3 Å². The second-order valence-electron chi connectivity index (χ2n) is 8.00. The second-order valence-corrected chi connectivity index (χ2v) is 22.5. The summed E-state index contributed by atoms with van der Waals surface area (Å²) in [5.41, 5.74) is 0. The summed E-state index contributed by atoms with van der Waals surface area (Å²) in [6, 6.07) is 44.4. The topological polar surface area (TPSA) is 345 Å². The maximum atomic E-state index is 8.55. The first-order valence-corrected chi connectivity index (χ1v) is 23.1. The minimum atomic E-state index is -5.39. The zero-order chi connectivity index (χ0) is 35.0. The normalized spacial score (nSPS) is 10.8. The van der Waals surface area contributed by atoms with Gasteiger partial charge in [0.05, 0.1) is 0 Å². The molecule has 4 rings (SSSR count). The minimum absolute atomic E-state index is 0. The molecule has 0 heterocycles. The monoisotopic (exact) mass is 1080 g/mol. The third kappa shape index (κ3) is 30.4. The molecule has 0 saturated carbocycles. The van der Waals surface area contributed by atoms with Crippen molar-refractivity contribution in [2.45, 2.75) is 0 Å². The van der Waals surface area contributed by atoms with Crippen molar-refractivity contribution < 1.29 is 156 Å². The summed E-state index contributed by atoms with van der Waals surface area (Å²) in [5, 5.41) is 0. The van der Waals surface area contributed by atoms with Gasteiger partial charge in [-0.25, -0.2) is 0 Å². The van der Waals surface area contributed by atoms with Gasteiger partial charge in [0.1, 0.15) is 0 Å². The molecular formula is C24H20O16P4SnZr3. The van der Waals surface area contributed by atoms with E-state index in [0.717, 1.165) is 0 Å². The van der Waals surface area contributed by atoms with Gasteiger partial charge >= 0.3 is 233 Å². The molecule has 0 bridgehead atoms. The Labute approximate surface area is 337 Å². The predicted octanol–water partition coefficient (Wildman–Crippen LogP) is -8.24. The summed E-state index contributed by atoms with van der Waals surface area (Å²) >= 11 is -3.31. The van der Waals surface area contributed by atoms with E-state index in [1.165, 1.54) is 14.3 Å². The van der Waals surface area contributed by atoms with E-state index in [0.29, 0.717) is 0 Å². The summed E-state index contributed by atoms with van der Waals surface area (Å²) in [4.78, 5) is 103. The molecule has 16 nitrogen and oxygen atoms in total. The standard InChI is InChI=1S/4C6H5.4H3O4P.Sn.3Zr/c4*1-2-4-6-5-3-1;4*1-5(2,3)4;;;;/h4*1-5H;4*(H3,1,2,3,4);;;;/q;;;;;;;;;3*+4/p-12. The van der Waals surface area contributed by atoms with Crippen LogP contribution in [0, 0.1) is 0 Å². The first-order valence-electron chi connectivity index (χ1n) is 11.6. The fourth-order valence-electron chi connectivity index (χ4n) is 3.75. The average Bonchev–Trinajstić information content (AvgIpc) is 2.88. The van der Waals surface area contributed by atoms with Crippen molar-refractivity contribution in [1.82, 2.24) is 0 Å². The number of phosphoric acid groups is 4. The number of benzene rings is 4. The van der Waals surface area contributed by atoms with E-state index in [9.17, 15) is 0 Å². The fourth-order valence-corrected chi connectivity index (χ4v) is 17.4. The van der Waals surface area contributed by atoms with Crippen LogP contribution in [0.4, 0.5) is 0 Å². The predicted molar refractivity (Wildman–Crippen MR) is 140 cm³/mol. The van der Waals surface area contributed by atoms with Crippen LogP contribution in [0.3, 0.4) is 0 Å². The van der Waals surface area contributed by atoms with Gasteiger partial charge in [-0.05, 0) is 0 Å². The van der Waals surface area contributed by atoms with Crippen LogP contribution in [0.5, 0.6) is 0 Å². The van der Waals surface area contributed by atoms with E-state index in [1.807, 2.05) is 0 Å². The Hall–Kier alpha value is 0.768. The summed E-state index contributed by atoms with van der Waals surface area (Å²) in [7, 11) is -21.6. The Bertz CT molecular complexity index is 1310. The Kier molecular flexibility index (Phi) is 30.7. The van der Waals surface area contributed by atoms with Gasteiger partial charge in [0, 0.05) is 0 Å². The van der Waals surface area contributed by atoms with Crippen molar-refractivity contribution in [3.63, 3.8) is 0 Å². The molecule has 0 amide bonds. The number of rotatable bonds is 4. The van der Waals surface area contributed by atoms with Crippen LogP contribution in [0.15, 0.2) is 121 Å². The summed E-state index contributed by atoms with van der Waals surface area (Å²) in [6.45, 7) is 0. The zero-order valence-electron chi connectivity index (χ0n) is 23.9. The molecule has 0 aliphatic carbocycles. The van der Waals surface area contributed by atoms with Crippen molar-refractivity contribution in [3.8, 4) is 0 Å². The van der Waals surface area contributed by atoms with Gasteiger partial charge in [-0.1, -0.05) is 0 Å². The van der Waals surface area contributed by atoms with Crippen molar-refractivity contribution in [2.75, 3.05) is 0 Å². The first kappa shape index (κ1) is 55.5. The van der Waals surface area contributed by atoms with Crippen LogP contribution in [0.25, 0.3) is 0 Å². The molecule has 4 aromatic carbocycles. The molecular weight excluding hydrogens is 1060 g/mol. The Morgan fingerprint density at radius 3 is 0.500 bits per heavy atom. The molecule has 0 radical (unpaired) electrons. The van der Waals surface area contributed by atoms with Crippen molar-refractivity contribution >= 4 is 64.0 Å². The third-order valence-corrected chi connectivity index (χ3v) is 18.5. The SMILES string of the molecule is O=P([O-])([O-])[O-].O=P([O-])([O-])[O-].O=P([O-])([O-])[O-].O=P([O-])([O-])[O-].[Zr+4].[Zr+4].[Zr+4].c1cc[c]([Sn]([c]2ccccc2)([c]2ccccc2)[c]2ccccc2)cc1. The van der Waals surface area contributed by atoms with Gasteiger partial charge in [-0.3, -0.25) is 0 Å². The quantitative estimate of drug-likeness (QED) is 0.135. The Morgan fingerprint density at radius 2 is 0.396 bits per heavy atom. The van der Waals surface area contributed by atoms with Gasteiger partial charge in [0.25, 0.3) is 0 Å². The van der Waals surface area contributed by atoms with Gasteiger partial charge < -0.3 is 77.0 Å². The third-order valence-electron chi connectivity index (χ3n) is 4.83. The van der Waals surface area contributed by atoms with E-state index in [1.54, 1.807) is 0 Å². The van der Waals surface area contributed by atoms with E-state index in [4.69, 9.17) is 77.0 Å². The molecule has 0 fully saturated rings. The van der Waals surface area contributed by atoms with Gasteiger partial charge in [-0.2, -0.15) is 31.3 Å². The molecule has 0 N–H and O–H groups in total.